The number of aromatic nitrogens is 1. The summed E-state index contributed by atoms with van der Waals surface area (Å²) in [6, 6.07) is 10.2. The summed E-state index contributed by atoms with van der Waals surface area (Å²) in [6.45, 7) is 3.94. The van der Waals surface area contributed by atoms with E-state index in [-0.39, 0.29) is 26.8 Å². The van der Waals surface area contributed by atoms with Gasteiger partial charge in [0.15, 0.2) is 0 Å². The van der Waals surface area contributed by atoms with E-state index in [4.69, 9.17) is 4.78 Å². The normalized spacial score (nSPS) is 15.5. The highest BCUT2D eigenvalue weighted by atomic mass is 32.2. The molecule has 0 aliphatic heterocycles. The number of amides is 1. The Morgan fingerprint density at radius 1 is 1.14 bits per heavy atom. The van der Waals surface area contributed by atoms with E-state index in [1.807, 2.05) is 0 Å². The number of pyridine rings is 1. The Labute approximate surface area is 202 Å². The van der Waals surface area contributed by atoms with Crippen LogP contribution < -0.4 is 5.32 Å². The van der Waals surface area contributed by atoms with Gasteiger partial charge < -0.3 is 5.32 Å². The minimum Gasteiger partial charge on any atom is -0.346 e. The van der Waals surface area contributed by atoms with E-state index in [2.05, 4.69) is 10.3 Å². The monoisotopic (exact) mass is 501 g/mol. The lowest BCUT2D eigenvalue weighted by molar-refractivity contribution is -0.00310. The summed E-state index contributed by atoms with van der Waals surface area (Å²) in [5.74, 6) is -5.00. The molecule has 2 aromatic carbocycles. The van der Waals surface area contributed by atoms with Crippen molar-refractivity contribution in [2.45, 2.75) is 55.2 Å². The first-order valence-electron chi connectivity index (χ1n) is 11.2. The molecule has 0 saturated heterocycles. The van der Waals surface area contributed by atoms with E-state index in [0.717, 1.165) is 24.6 Å². The van der Waals surface area contributed by atoms with Crippen molar-refractivity contribution in [1.29, 1.82) is 4.78 Å². The molecule has 1 aromatic heterocycles. The first-order chi connectivity index (χ1) is 16.4. The molecule has 4 rings (SSSR count). The number of rotatable bonds is 7. The largest absolute Gasteiger partial charge is 0.346 e. The minimum absolute atomic E-state index is 0.0246. The van der Waals surface area contributed by atoms with Crippen LogP contribution in [-0.4, -0.2) is 21.6 Å². The van der Waals surface area contributed by atoms with E-state index < -0.39 is 33.9 Å². The van der Waals surface area contributed by atoms with Crippen LogP contribution in [0.3, 0.4) is 0 Å². The Morgan fingerprint density at radius 3 is 2.51 bits per heavy atom. The maximum atomic E-state index is 15.2. The van der Waals surface area contributed by atoms with Crippen LogP contribution >= 0.6 is 0 Å². The van der Waals surface area contributed by atoms with Gasteiger partial charge in [0.05, 0.1) is 21.9 Å². The van der Waals surface area contributed by atoms with Gasteiger partial charge in [-0.25, -0.2) is 13.4 Å². The topological polar surface area (TPSA) is 82.9 Å². The second-order valence-electron chi connectivity index (χ2n) is 9.02. The summed E-state index contributed by atoms with van der Waals surface area (Å²) in [5.41, 5.74) is 1.53. The summed E-state index contributed by atoms with van der Waals surface area (Å²) in [7, 11) is -3.99. The Morgan fingerprint density at radius 2 is 1.86 bits per heavy atom. The highest BCUT2D eigenvalue weighted by Crippen LogP contribution is 2.43. The van der Waals surface area contributed by atoms with Crippen molar-refractivity contribution in [3.05, 3.63) is 88.0 Å². The van der Waals surface area contributed by atoms with Gasteiger partial charge in [0.25, 0.3) is 11.8 Å². The molecule has 9 heteroatoms. The van der Waals surface area contributed by atoms with Gasteiger partial charge in [0.1, 0.15) is 15.5 Å². The molecule has 5 nitrogen and oxygen atoms in total. The SMILES string of the molecule is Cc1ccc(C(F)(F)CNC(=O)c2cc(C)ncc2S(=N)(=O)c2cccc(C3CC3)c2F)c(C)c1. The Hall–Kier alpha value is -3.20. The first kappa shape index (κ1) is 24.9. The van der Waals surface area contributed by atoms with Crippen molar-refractivity contribution in [1.82, 2.24) is 10.3 Å². The Bertz CT molecular complexity index is 1420. The molecule has 1 unspecified atom stereocenters. The maximum absolute atomic E-state index is 15.2. The zero-order chi connectivity index (χ0) is 25.5. The highest BCUT2D eigenvalue weighted by molar-refractivity contribution is 7.92. The molecule has 0 spiro atoms. The average molecular weight is 502 g/mol. The standard InChI is InChI=1S/C26H26F3N3O2S/c1-15-7-10-21(16(2)11-15)26(28,29)14-32-25(33)20-12-17(3)31-13-23(20)35(30,34)22-6-4-5-19(24(22)27)18-8-9-18/h4-7,10-13,18,30H,8-9,14H2,1-3H3,(H,32,33). The fourth-order valence-electron chi connectivity index (χ4n) is 4.14. The van der Waals surface area contributed by atoms with Crippen LogP contribution in [0.5, 0.6) is 0 Å². The van der Waals surface area contributed by atoms with Crippen LogP contribution in [-0.2, 0) is 15.7 Å². The second kappa shape index (κ2) is 9.11. The molecule has 184 valence electrons. The summed E-state index contributed by atoms with van der Waals surface area (Å²) in [6.07, 6.45) is 2.72. The Balaban J connectivity index is 1.66. The van der Waals surface area contributed by atoms with Gasteiger partial charge >= 0.3 is 0 Å². The zero-order valence-corrected chi connectivity index (χ0v) is 20.4. The number of nitrogens with one attached hydrogen (secondary N) is 2. The van der Waals surface area contributed by atoms with Crippen LogP contribution in [0.4, 0.5) is 13.2 Å². The molecule has 1 fully saturated rings. The van der Waals surface area contributed by atoms with E-state index in [1.54, 1.807) is 39.0 Å². The molecule has 1 atom stereocenters. The number of carbonyl (C=O) groups excluding carboxylic acids is 1. The van der Waals surface area contributed by atoms with Crippen LogP contribution in [0.15, 0.2) is 58.5 Å². The third kappa shape index (κ3) is 4.96. The van der Waals surface area contributed by atoms with Crippen LogP contribution in [0.2, 0.25) is 0 Å². The predicted molar refractivity (Wildman–Crippen MR) is 127 cm³/mol. The number of hydrogen-bond donors (Lipinski definition) is 2. The van der Waals surface area contributed by atoms with E-state index in [1.165, 1.54) is 24.3 Å². The van der Waals surface area contributed by atoms with E-state index >= 15 is 4.39 Å². The average Bonchev–Trinajstić information content (AvgIpc) is 3.62. The van der Waals surface area contributed by atoms with Gasteiger partial charge in [-0.3, -0.25) is 9.78 Å². The summed E-state index contributed by atoms with van der Waals surface area (Å²) in [4.78, 5) is 16.4. The van der Waals surface area contributed by atoms with E-state index in [9.17, 15) is 17.8 Å². The number of aryl methyl sites for hydroxylation is 3. The van der Waals surface area contributed by atoms with Gasteiger partial charge in [-0.2, -0.15) is 8.78 Å². The summed E-state index contributed by atoms with van der Waals surface area (Å²) < 4.78 is 67.2. The molecule has 1 saturated carbocycles. The van der Waals surface area contributed by atoms with Crippen molar-refractivity contribution in [3.8, 4) is 0 Å². The fourth-order valence-corrected chi connectivity index (χ4v) is 5.68. The summed E-state index contributed by atoms with van der Waals surface area (Å²) >= 11 is 0. The number of nitrogens with zero attached hydrogens (tertiary/aromatic N) is 1. The van der Waals surface area contributed by atoms with Crippen LogP contribution in [0.25, 0.3) is 0 Å². The highest BCUT2D eigenvalue weighted by Gasteiger charge is 2.35. The zero-order valence-electron chi connectivity index (χ0n) is 19.6. The van der Waals surface area contributed by atoms with Crippen molar-refractivity contribution < 1.29 is 22.2 Å². The van der Waals surface area contributed by atoms with Crippen molar-refractivity contribution in [2.75, 3.05) is 6.54 Å². The molecule has 1 amide bonds. The number of halogens is 3. The summed E-state index contributed by atoms with van der Waals surface area (Å²) in [5, 5.41) is 2.21. The van der Waals surface area contributed by atoms with Gasteiger partial charge in [0.2, 0.25) is 0 Å². The van der Waals surface area contributed by atoms with Crippen molar-refractivity contribution >= 4 is 15.6 Å². The lowest BCUT2D eigenvalue weighted by Crippen LogP contribution is -2.36. The second-order valence-corrected chi connectivity index (χ2v) is 11.0. The number of alkyl halides is 2. The van der Waals surface area contributed by atoms with Crippen LogP contribution in [0, 0.1) is 31.4 Å². The van der Waals surface area contributed by atoms with Gasteiger partial charge in [-0.1, -0.05) is 35.9 Å². The predicted octanol–water partition coefficient (Wildman–Crippen LogP) is 6.01. The maximum Gasteiger partial charge on any atom is 0.290 e. The van der Waals surface area contributed by atoms with Crippen molar-refractivity contribution in [3.63, 3.8) is 0 Å². The molecule has 3 aromatic rings. The number of benzene rings is 2. The van der Waals surface area contributed by atoms with Gasteiger partial charge in [-0.15, -0.1) is 0 Å². The third-order valence-corrected chi connectivity index (χ3v) is 8.00. The molecule has 1 aliphatic carbocycles. The van der Waals surface area contributed by atoms with Crippen molar-refractivity contribution in [2.24, 2.45) is 0 Å². The number of hydrogen-bond acceptors (Lipinski definition) is 4. The number of carbonyl (C=O) groups is 1. The lowest BCUT2D eigenvalue weighted by atomic mass is 10.00. The molecule has 0 radical (unpaired) electrons. The smallest absolute Gasteiger partial charge is 0.290 e. The molecule has 1 heterocycles. The fraction of sp³-hybridized carbons (Fsp3) is 0.308. The molecule has 1 aliphatic rings. The first-order valence-corrected chi connectivity index (χ1v) is 12.8. The van der Waals surface area contributed by atoms with E-state index in [0.29, 0.717) is 16.8 Å². The van der Waals surface area contributed by atoms with Gasteiger partial charge in [-0.05, 0) is 62.8 Å². The Kier molecular flexibility index (Phi) is 6.48. The molecular formula is C26H26F3N3O2S. The molecule has 0 bridgehead atoms. The quantitative estimate of drug-likeness (QED) is 0.416. The molecule has 2 N–H and O–H groups in total. The van der Waals surface area contributed by atoms with Gasteiger partial charge in [0, 0.05) is 17.5 Å². The lowest BCUT2D eigenvalue weighted by Gasteiger charge is -2.21. The third-order valence-electron chi connectivity index (χ3n) is 6.13. The minimum atomic E-state index is -3.99. The molecular weight excluding hydrogens is 475 g/mol. The molecule has 35 heavy (non-hydrogen) atoms. The van der Waals surface area contributed by atoms with Crippen LogP contribution in [0.1, 0.15) is 57.1 Å².